The van der Waals surface area contributed by atoms with Crippen molar-refractivity contribution in [3.05, 3.63) is 46.0 Å². The average Bonchev–Trinajstić information content (AvgIpc) is 2.15. The van der Waals surface area contributed by atoms with Crippen LogP contribution in [0, 0.1) is 11.6 Å². The molecular weight excluding hydrogens is 222 g/mol. The number of fused-ring (bicyclic) bond motifs is 1. The van der Waals surface area contributed by atoms with Crippen LogP contribution in [0.4, 0.5) is 8.78 Å². The minimum Gasteiger partial charge on any atom is -0.475 e. The largest absolute Gasteiger partial charge is 0.475 e. The molecule has 0 amide bonds. The van der Waals surface area contributed by atoms with E-state index in [2.05, 4.69) is 4.42 Å². The Balaban J connectivity index is 2.93. The van der Waals surface area contributed by atoms with E-state index in [-0.39, 0.29) is 5.39 Å². The van der Waals surface area contributed by atoms with Crippen LogP contribution in [0.15, 0.2) is 27.4 Å². The number of aromatic carboxylic acids is 1. The summed E-state index contributed by atoms with van der Waals surface area (Å²) in [5.74, 6) is -4.13. The highest BCUT2D eigenvalue weighted by Crippen LogP contribution is 2.17. The molecule has 2 aromatic rings. The Hall–Kier alpha value is -2.24. The lowest BCUT2D eigenvalue weighted by Crippen LogP contribution is -2.08. The highest BCUT2D eigenvalue weighted by atomic mass is 19.1. The van der Waals surface area contributed by atoms with Gasteiger partial charge in [0.05, 0.1) is 0 Å². The van der Waals surface area contributed by atoms with Gasteiger partial charge in [-0.2, -0.15) is 0 Å². The zero-order valence-corrected chi connectivity index (χ0v) is 7.66. The molecule has 6 heteroatoms. The molecule has 0 fully saturated rings. The Morgan fingerprint density at radius 2 is 1.94 bits per heavy atom. The topological polar surface area (TPSA) is 67.5 Å². The number of hydrogen-bond acceptors (Lipinski definition) is 3. The predicted molar refractivity (Wildman–Crippen MR) is 49.4 cm³/mol. The number of benzene rings is 1. The van der Waals surface area contributed by atoms with Gasteiger partial charge in [0.25, 0.3) is 0 Å². The van der Waals surface area contributed by atoms with E-state index in [1.165, 1.54) is 0 Å². The van der Waals surface area contributed by atoms with E-state index in [0.29, 0.717) is 6.07 Å². The molecule has 0 saturated heterocycles. The lowest BCUT2D eigenvalue weighted by Gasteiger charge is -1.99. The second kappa shape index (κ2) is 3.41. The summed E-state index contributed by atoms with van der Waals surface area (Å²) in [6.45, 7) is 0. The molecule has 2 rings (SSSR count). The van der Waals surface area contributed by atoms with Crippen LogP contribution < -0.4 is 5.63 Å². The van der Waals surface area contributed by atoms with Crippen LogP contribution >= 0.6 is 0 Å². The Morgan fingerprint density at radius 1 is 1.25 bits per heavy atom. The van der Waals surface area contributed by atoms with Crippen LogP contribution in [0.5, 0.6) is 0 Å². The predicted octanol–water partition coefficient (Wildman–Crippen LogP) is 1.77. The fraction of sp³-hybridized carbons (Fsp3) is 0. The van der Waals surface area contributed by atoms with Gasteiger partial charge in [-0.3, -0.25) is 0 Å². The third-order valence-corrected chi connectivity index (χ3v) is 1.99. The number of hydrogen-bond donors (Lipinski definition) is 1. The van der Waals surface area contributed by atoms with Gasteiger partial charge in [0, 0.05) is 6.07 Å². The van der Waals surface area contributed by atoms with Crippen molar-refractivity contribution in [1.29, 1.82) is 0 Å². The van der Waals surface area contributed by atoms with Crippen LogP contribution in [-0.4, -0.2) is 11.1 Å². The van der Waals surface area contributed by atoms with Gasteiger partial charge in [-0.15, -0.1) is 0 Å². The molecule has 0 bridgehead atoms. The molecule has 82 valence electrons. The molecule has 0 aliphatic rings. The van der Waals surface area contributed by atoms with Gasteiger partial charge in [-0.25, -0.2) is 18.4 Å². The van der Waals surface area contributed by atoms with Gasteiger partial charge in [-0.1, -0.05) is 0 Å². The molecule has 0 aliphatic carbocycles. The second-order valence-corrected chi connectivity index (χ2v) is 3.06. The monoisotopic (exact) mass is 226 g/mol. The normalized spacial score (nSPS) is 10.6. The van der Waals surface area contributed by atoms with Crippen molar-refractivity contribution >= 4 is 16.7 Å². The van der Waals surface area contributed by atoms with Crippen molar-refractivity contribution in [3.63, 3.8) is 0 Å². The van der Waals surface area contributed by atoms with Gasteiger partial charge in [-0.05, 0) is 17.5 Å². The van der Waals surface area contributed by atoms with E-state index in [4.69, 9.17) is 5.11 Å². The fourth-order valence-electron chi connectivity index (χ4n) is 1.35. The average molecular weight is 226 g/mol. The lowest BCUT2D eigenvalue weighted by atomic mass is 10.1. The standard InChI is InChI=1S/C10H4F2O4/c11-5-1-4-2-7(9(13)14)16-10(15)8(4)6(12)3-5/h1-3H,(H,13,14). The van der Waals surface area contributed by atoms with E-state index in [1.54, 1.807) is 0 Å². The Morgan fingerprint density at radius 3 is 2.56 bits per heavy atom. The summed E-state index contributed by atoms with van der Waals surface area (Å²) >= 11 is 0. The lowest BCUT2D eigenvalue weighted by molar-refractivity contribution is 0.0657. The molecule has 0 radical (unpaired) electrons. The molecule has 0 saturated carbocycles. The first-order valence-electron chi connectivity index (χ1n) is 4.15. The van der Waals surface area contributed by atoms with Gasteiger partial charge < -0.3 is 9.52 Å². The van der Waals surface area contributed by atoms with E-state index >= 15 is 0 Å². The summed E-state index contributed by atoms with van der Waals surface area (Å²) in [7, 11) is 0. The Kier molecular flexibility index (Phi) is 2.19. The molecule has 1 aromatic carbocycles. The summed E-state index contributed by atoms with van der Waals surface area (Å²) in [5, 5.41) is 7.97. The first-order chi connectivity index (χ1) is 7.49. The summed E-state index contributed by atoms with van der Waals surface area (Å²) < 4.78 is 30.4. The minimum atomic E-state index is -1.48. The summed E-state index contributed by atoms with van der Waals surface area (Å²) in [6.07, 6.45) is 0. The van der Waals surface area contributed by atoms with Crippen molar-refractivity contribution in [1.82, 2.24) is 0 Å². The van der Waals surface area contributed by atoms with Gasteiger partial charge in [0.15, 0.2) is 0 Å². The van der Waals surface area contributed by atoms with Gasteiger partial charge in [0.1, 0.15) is 17.0 Å². The molecule has 0 spiro atoms. The van der Waals surface area contributed by atoms with Crippen molar-refractivity contribution in [2.45, 2.75) is 0 Å². The number of rotatable bonds is 1. The molecular formula is C10H4F2O4. The van der Waals surface area contributed by atoms with Crippen LogP contribution in [-0.2, 0) is 0 Å². The van der Waals surface area contributed by atoms with Crippen molar-refractivity contribution in [2.75, 3.05) is 0 Å². The Bertz CT molecular complexity index is 645. The first-order valence-corrected chi connectivity index (χ1v) is 4.15. The van der Waals surface area contributed by atoms with Crippen molar-refractivity contribution in [2.24, 2.45) is 0 Å². The molecule has 4 nitrogen and oxygen atoms in total. The summed E-state index contributed by atoms with van der Waals surface area (Å²) in [4.78, 5) is 21.8. The number of carboxylic acid groups (broad SMARTS) is 1. The Labute approximate surface area is 86.7 Å². The quantitative estimate of drug-likeness (QED) is 0.804. The van der Waals surface area contributed by atoms with Crippen LogP contribution in [0.1, 0.15) is 10.6 Å². The molecule has 0 unspecified atom stereocenters. The zero-order chi connectivity index (χ0) is 11.9. The third-order valence-electron chi connectivity index (χ3n) is 1.99. The maximum atomic E-state index is 13.2. The highest BCUT2D eigenvalue weighted by molar-refractivity contribution is 5.90. The number of halogens is 2. The molecule has 1 aromatic heterocycles. The highest BCUT2D eigenvalue weighted by Gasteiger charge is 2.14. The molecule has 1 N–H and O–H groups in total. The van der Waals surface area contributed by atoms with Crippen LogP contribution in [0.2, 0.25) is 0 Å². The summed E-state index contributed by atoms with van der Waals surface area (Å²) in [6, 6.07) is 2.28. The van der Waals surface area contributed by atoms with Crippen molar-refractivity contribution < 1.29 is 23.1 Å². The molecule has 0 aliphatic heterocycles. The second-order valence-electron chi connectivity index (χ2n) is 3.06. The van der Waals surface area contributed by atoms with E-state index < -0.39 is 34.4 Å². The molecule has 1 heterocycles. The number of carbonyl (C=O) groups is 1. The van der Waals surface area contributed by atoms with E-state index in [0.717, 1.165) is 12.1 Å². The maximum absolute atomic E-state index is 13.2. The zero-order valence-electron chi connectivity index (χ0n) is 7.66. The van der Waals surface area contributed by atoms with Crippen LogP contribution in [0.25, 0.3) is 10.8 Å². The van der Waals surface area contributed by atoms with Gasteiger partial charge in [0.2, 0.25) is 5.76 Å². The number of carboxylic acids is 1. The van der Waals surface area contributed by atoms with Crippen LogP contribution in [0.3, 0.4) is 0 Å². The molecule has 16 heavy (non-hydrogen) atoms. The van der Waals surface area contributed by atoms with Crippen molar-refractivity contribution in [3.8, 4) is 0 Å². The summed E-state index contributed by atoms with van der Waals surface area (Å²) in [5.41, 5.74) is -1.15. The SMILES string of the molecule is O=C(O)c1cc2cc(F)cc(F)c2c(=O)o1. The van der Waals surface area contributed by atoms with E-state index in [9.17, 15) is 18.4 Å². The fourth-order valence-corrected chi connectivity index (χ4v) is 1.35. The minimum absolute atomic E-state index is 0.147. The van der Waals surface area contributed by atoms with E-state index in [1.807, 2.05) is 0 Å². The first kappa shape index (κ1) is 10.3. The smallest absolute Gasteiger partial charge is 0.371 e. The third kappa shape index (κ3) is 1.54. The van der Waals surface area contributed by atoms with Gasteiger partial charge >= 0.3 is 11.6 Å². The maximum Gasteiger partial charge on any atom is 0.371 e. The molecule has 0 atom stereocenters.